The highest BCUT2D eigenvalue weighted by atomic mass is 19.1. The number of hydrazone groups is 1. The Morgan fingerprint density at radius 2 is 1.83 bits per heavy atom. The van der Waals surface area contributed by atoms with Crippen LogP contribution in [0.1, 0.15) is 46.4 Å². The van der Waals surface area contributed by atoms with Crippen LogP contribution in [0.3, 0.4) is 0 Å². The van der Waals surface area contributed by atoms with Gasteiger partial charge in [-0.05, 0) is 60.9 Å². The molecule has 6 nitrogen and oxygen atoms in total. The Balaban J connectivity index is 1.23. The van der Waals surface area contributed by atoms with Crippen molar-refractivity contribution in [2.75, 3.05) is 11.6 Å². The Labute approximate surface area is 209 Å². The molecule has 0 aliphatic carbocycles. The van der Waals surface area contributed by atoms with E-state index in [1.165, 1.54) is 11.1 Å². The number of nitrogens with one attached hydrogen (secondary N) is 1. The van der Waals surface area contributed by atoms with Gasteiger partial charge in [0.2, 0.25) is 0 Å². The van der Waals surface area contributed by atoms with Crippen molar-refractivity contribution in [3.63, 3.8) is 0 Å². The zero-order chi connectivity index (χ0) is 25.2. The number of hydrogen-bond donors (Lipinski definition) is 1. The summed E-state index contributed by atoms with van der Waals surface area (Å²) in [6.07, 6.45) is 2.50. The Kier molecular flexibility index (Phi) is 6.38. The Hall–Kier alpha value is -4.26. The molecule has 3 aromatic carbocycles. The predicted molar refractivity (Wildman–Crippen MR) is 138 cm³/mol. The second-order valence-electron chi connectivity index (χ2n) is 9.16. The van der Waals surface area contributed by atoms with Crippen LogP contribution in [0.4, 0.5) is 10.1 Å². The van der Waals surface area contributed by atoms with Crippen LogP contribution in [-0.2, 0) is 11.3 Å². The first-order valence-electron chi connectivity index (χ1n) is 12.0. The Morgan fingerprint density at radius 3 is 2.56 bits per heavy atom. The molecule has 0 saturated carbocycles. The van der Waals surface area contributed by atoms with Gasteiger partial charge in [0.05, 0.1) is 23.0 Å². The van der Waals surface area contributed by atoms with Crippen molar-refractivity contribution in [1.82, 2.24) is 10.2 Å². The number of amides is 2. The maximum absolute atomic E-state index is 13.7. The molecule has 2 aliphatic rings. The monoisotopic (exact) mass is 482 g/mol. The van der Waals surface area contributed by atoms with Gasteiger partial charge in [-0.2, -0.15) is 10.1 Å². The second kappa shape index (κ2) is 9.77. The van der Waals surface area contributed by atoms with Gasteiger partial charge in [0.1, 0.15) is 5.82 Å². The van der Waals surface area contributed by atoms with Gasteiger partial charge in [0, 0.05) is 31.3 Å². The van der Waals surface area contributed by atoms with E-state index in [1.807, 2.05) is 67.7 Å². The molecule has 0 fully saturated rings. The summed E-state index contributed by atoms with van der Waals surface area (Å²) in [6.45, 7) is 4.97. The first-order chi connectivity index (χ1) is 17.4. The van der Waals surface area contributed by atoms with Crippen LogP contribution in [0.15, 0.2) is 89.7 Å². The van der Waals surface area contributed by atoms with E-state index in [0.29, 0.717) is 35.4 Å². The summed E-state index contributed by atoms with van der Waals surface area (Å²) in [5.74, 6) is -0.637. The predicted octanol–water partition coefficient (Wildman–Crippen LogP) is 5.12. The summed E-state index contributed by atoms with van der Waals surface area (Å²) >= 11 is 0. The molecule has 0 aromatic heterocycles. The number of benzene rings is 3. The molecule has 182 valence electrons. The molecule has 3 aromatic rings. The molecule has 7 heteroatoms. The quantitative estimate of drug-likeness (QED) is 0.531. The van der Waals surface area contributed by atoms with E-state index in [2.05, 4.69) is 15.3 Å². The fourth-order valence-electron chi connectivity index (χ4n) is 4.43. The highest BCUT2D eigenvalue weighted by Crippen LogP contribution is 2.29. The lowest BCUT2D eigenvalue weighted by molar-refractivity contribution is -0.114. The molecular weight excluding hydrogens is 455 g/mol. The van der Waals surface area contributed by atoms with Gasteiger partial charge in [-0.1, -0.05) is 42.5 Å². The molecule has 5 rings (SSSR count). The topological polar surface area (TPSA) is 65.0 Å². The van der Waals surface area contributed by atoms with Crippen molar-refractivity contribution < 1.29 is 14.0 Å². The van der Waals surface area contributed by atoms with Crippen molar-refractivity contribution in [3.05, 3.63) is 113 Å². The smallest absolute Gasteiger partial charge is 0.282 e. The standard InChI is InChI=1S/C29H27FN4O2/c1-19-16-24(12-13-26(19)30)34-29(36)25-18-33(15-14-27(25)32-34)17-21-8-10-23(11-9-21)28(35)31-20(2)22-6-4-3-5-7-22/h3-13,16,18,20H,14-15,17H2,1-2H3,(H,31,35)/t20-/m1/s1. The van der Waals surface area contributed by atoms with E-state index in [1.54, 1.807) is 19.1 Å². The fourth-order valence-corrected chi connectivity index (χ4v) is 4.43. The molecule has 0 bridgehead atoms. The van der Waals surface area contributed by atoms with Crippen molar-refractivity contribution in [3.8, 4) is 0 Å². The van der Waals surface area contributed by atoms with E-state index in [9.17, 15) is 14.0 Å². The molecule has 36 heavy (non-hydrogen) atoms. The van der Waals surface area contributed by atoms with Crippen LogP contribution >= 0.6 is 0 Å². The first kappa shape index (κ1) is 23.5. The third-order valence-electron chi connectivity index (χ3n) is 6.54. The molecule has 2 aliphatic heterocycles. The number of rotatable bonds is 6. The lowest BCUT2D eigenvalue weighted by Crippen LogP contribution is -2.29. The number of carbonyl (C=O) groups is 2. The molecule has 0 unspecified atom stereocenters. The van der Waals surface area contributed by atoms with Crippen molar-refractivity contribution >= 4 is 23.2 Å². The second-order valence-corrected chi connectivity index (χ2v) is 9.16. The third kappa shape index (κ3) is 4.77. The maximum atomic E-state index is 13.7. The van der Waals surface area contributed by atoms with Crippen LogP contribution in [0, 0.1) is 12.7 Å². The van der Waals surface area contributed by atoms with Crippen LogP contribution in [0.25, 0.3) is 0 Å². The Bertz CT molecular complexity index is 1370. The van der Waals surface area contributed by atoms with Crippen LogP contribution in [0.5, 0.6) is 0 Å². The zero-order valence-electron chi connectivity index (χ0n) is 20.2. The van der Waals surface area contributed by atoms with Gasteiger partial charge in [-0.15, -0.1) is 0 Å². The molecule has 1 atom stereocenters. The van der Waals surface area contributed by atoms with E-state index >= 15 is 0 Å². The number of halogens is 1. The van der Waals surface area contributed by atoms with Gasteiger partial charge < -0.3 is 10.2 Å². The number of fused-ring (bicyclic) bond motifs is 1. The molecular formula is C29H27FN4O2. The summed E-state index contributed by atoms with van der Waals surface area (Å²) in [6, 6.07) is 21.8. The molecule has 2 heterocycles. The summed E-state index contributed by atoms with van der Waals surface area (Å²) in [5, 5.41) is 8.87. The third-order valence-corrected chi connectivity index (χ3v) is 6.54. The summed E-state index contributed by atoms with van der Waals surface area (Å²) in [7, 11) is 0. The summed E-state index contributed by atoms with van der Waals surface area (Å²) in [5.41, 5.74) is 5.03. The largest absolute Gasteiger partial charge is 0.372 e. The summed E-state index contributed by atoms with van der Waals surface area (Å²) in [4.78, 5) is 27.8. The first-order valence-corrected chi connectivity index (χ1v) is 12.0. The van der Waals surface area contributed by atoms with Crippen molar-refractivity contribution in [1.29, 1.82) is 0 Å². The Morgan fingerprint density at radius 1 is 1.08 bits per heavy atom. The highest BCUT2D eigenvalue weighted by Gasteiger charge is 2.34. The molecule has 0 spiro atoms. The van der Waals surface area contributed by atoms with Gasteiger partial charge in [-0.3, -0.25) is 9.59 Å². The number of carbonyl (C=O) groups excluding carboxylic acids is 2. The minimum atomic E-state index is -0.310. The molecule has 1 N–H and O–H groups in total. The number of nitrogens with zero attached hydrogens (tertiary/aromatic N) is 3. The minimum Gasteiger partial charge on any atom is -0.372 e. The highest BCUT2D eigenvalue weighted by molar-refractivity contribution is 6.30. The van der Waals surface area contributed by atoms with Crippen LogP contribution < -0.4 is 10.3 Å². The minimum absolute atomic E-state index is 0.0865. The average Bonchev–Trinajstić information content (AvgIpc) is 3.22. The van der Waals surface area contributed by atoms with Gasteiger partial charge in [-0.25, -0.2) is 4.39 Å². The maximum Gasteiger partial charge on any atom is 0.282 e. The lowest BCUT2D eigenvalue weighted by Gasteiger charge is -2.25. The van der Waals surface area contributed by atoms with E-state index in [4.69, 9.17) is 0 Å². The van der Waals surface area contributed by atoms with E-state index in [0.717, 1.165) is 23.4 Å². The van der Waals surface area contributed by atoms with Crippen LogP contribution in [0.2, 0.25) is 0 Å². The van der Waals surface area contributed by atoms with E-state index < -0.39 is 0 Å². The summed E-state index contributed by atoms with van der Waals surface area (Å²) < 4.78 is 13.7. The molecule has 0 radical (unpaired) electrons. The molecule has 2 amide bonds. The van der Waals surface area contributed by atoms with Gasteiger partial charge in [0.25, 0.3) is 11.8 Å². The van der Waals surface area contributed by atoms with Crippen LogP contribution in [-0.4, -0.2) is 29.0 Å². The number of anilines is 1. The van der Waals surface area contributed by atoms with Gasteiger partial charge >= 0.3 is 0 Å². The van der Waals surface area contributed by atoms with E-state index in [-0.39, 0.29) is 23.7 Å². The zero-order valence-corrected chi connectivity index (χ0v) is 20.2. The van der Waals surface area contributed by atoms with Crippen molar-refractivity contribution in [2.24, 2.45) is 5.10 Å². The number of hydrogen-bond acceptors (Lipinski definition) is 4. The van der Waals surface area contributed by atoms with Gasteiger partial charge in [0.15, 0.2) is 0 Å². The lowest BCUT2D eigenvalue weighted by atomic mass is 10.0. The normalized spacial score (nSPS) is 15.8. The van der Waals surface area contributed by atoms with Crippen molar-refractivity contribution in [2.45, 2.75) is 32.9 Å². The number of aryl methyl sites for hydroxylation is 1. The SMILES string of the molecule is Cc1cc(N2N=C3CCN(Cc4ccc(C(=O)N[C@H](C)c5ccccc5)cc4)C=C3C2=O)ccc1F. The fraction of sp³-hybridized carbons (Fsp3) is 0.207. The molecule has 0 saturated heterocycles. The average molecular weight is 483 g/mol.